The number of aliphatic hydroxyl groups is 2. The molecule has 0 aliphatic carbocycles. The van der Waals surface area contributed by atoms with Crippen molar-refractivity contribution in [2.45, 2.75) is 5.66 Å². The summed E-state index contributed by atoms with van der Waals surface area (Å²) in [5.74, 6) is 0.610. The molecule has 0 aliphatic heterocycles. The van der Waals surface area contributed by atoms with E-state index in [9.17, 15) is 10.1 Å². The van der Waals surface area contributed by atoms with E-state index in [-0.39, 0.29) is 0 Å². The lowest BCUT2D eigenvalue weighted by molar-refractivity contribution is -0.576. The Hall–Kier alpha value is -2.06. The van der Waals surface area contributed by atoms with Gasteiger partial charge in [0.1, 0.15) is 19.0 Å². The van der Waals surface area contributed by atoms with Gasteiger partial charge in [0.25, 0.3) is 0 Å². The first kappa shape index (κ1) is 14.0. The summed E-state index contributed by atoms with van der Waals surface area (Å²) < 4.78 is 4.93. The molecule has 0 bridgehead atoms. The Labute approximate surface area is 103 Å². The summed E-state index contributed by atoms with van der Waals surface area (Å²) in [4.78, 5) is 9.84. The second-order valence-electron chi connectivity index (χ2n) is 3.45. The lowest BCUT2D eigenvalue weighted by Gasteiger charge is -2.13. The second kappa shape index (κ2) is 6.03. The Bertz CT molecular complexity index is 428. The molecule has 1 aromatic rings. The van der Waals surface area contributed by atoms with E-state index < -0.39 is 23.8 Å². The van der Waals surface area contributed by atoms with E-state index in [0.717, 1.165) is 0 Å². The number of aliphatic hydroxyl groups excluding tert-OH is 2. The van der Waals surface area contributed by atoms with Gasteiger partial charge in [0, 0.05) is 0 Å². The lowest BCUT2D eigenvalue weighted by atomic mass is 10.2. The van der Waals surface area contributed by atoms with Crippen molar-refractivity contribution < 1.29 is 19.9 Å². The molecule has 0 saturated heterocycles. The molecule has 0 aromatic heterocycles. The fourth-order valence-electron chi connectivity index (χ4n) is 1.06. The number of rotatable bonds is 6. The van der Waals surface area contributed by atoms with E-state index >= 15 is 0 Å². The molecule has 1 aromatic carbocycles. The predicted octanol–water partition coefficient (Wildman–Crippen LogP) is 0.736. The van der Waals surface area contributed by atoms with Crippen molar-refractivity contribution in [3.63, 3.8) is 0 Å². The Morgan fingerprint density at radius 2 is 1.89 bits per heavy atom. The number of nitrogens with zero attached hydrogens (tertiary/aromatic N) is 3. The largest absolute Gasteiger partial charge is 0.497 e. The molecule has 2 N–H and O–H groups in total. The summed E-state index contributed by atoms with van der Waals surface area (Å²) >= 11 is 0. The van der Waals surface area contributed by atoms with E-state index in [1.54, 1.807) is 24.3 Å². The van der Waals surface area contributed by atoms with Crippen LogP contribution < -0.4 is 4.74 Å². The van der Waals surface area contributed by atoms with Gasteiger partial charge in [-0.1, -0.05) is 0 Å². The summed E-state index contributed by atoms with van der Waals surface area (Å²) in [6, 6.07) is 6.31. The number of nitro groups is 1. The third kappa shape index (κ3) is 2.99. The highest BCUT2D eigenvalue weighted by atomic mass is 16.6. The zero-order valence-electron chi connectivity index (χ0n) is 9.68. The first-order chi connectivity index (χ1) is 8.57. The Morgan fingerprint density at radius 1 is 1.33 bits per heavy atom. The van der Waals surface area contributed by atoms with Crippen LogP contribution in [0.5, 0.6) is 5.75 Å². The Balaban J connectivity index is 2.92. The first-order valence-electron chi connectivity index (χ1n) is 5.01. The average molecular weight is 255 g/mol. The number of methoxy groups -OCH3 is 1. The first-order valence-corrected chi connectivity index (χ1v) is 5.01. The molecular formula is C10H13N3O5. The second-order valence-corrected chi connectivity index (χ2v) is 3.45. The van der Waals surface area contributed by atoms with Crippen LogP contribution in [0.2, 0.25) is 0 Å². The molecule has 0 spiro atoms. The molecule has 0 fully saturated rings. The molecule has 0 heterocycles. The number of azo groups is 1. The number of hydrogen-bond donors (Lipinski definition) is 2. The number of hydrogen-bond acceptors (Lipinski definition) is 7. The van der Waals surface area contributed by atoms with E-state index in [1.807, 2.05) is 0 Å². The molecule has 0 amide bonds. The van der Waals surface area contributed by atoms with Gasteiger partial charge in [0.15, 0.2) is 0 Å². The van der Waals surface area contributed by atoms with E-state index in [1.165, 1.54) is 7.11 Å². The van der Waals surface area contributed by atoms with Crippen LogP contribution in [0.15, 0.2) is 34.5 Å². The molecule has 0 unspecified atom stereocenters. The van der Waals surface area contributed by atoms with E-state index in [0.29, 0.717) is 11.4 Å². The molecule has 1 rings (SSSR count). The van der Waals surface area contributed by atoms with Crippen molar-refractivity contribution >= 4 is 5.69 Å². The summed E-state index contributed by atoms with van der Waals surface area (Å²) in [5.41, 5.74) is -1.86. The molecule has 0 saturated carbocycles. The van der Waals surface area contributed by atoms with Crippen molar-refractivity contribution in [3.05, 3.63) is 34.4 Å². The van der Waals surface area contributed by atoms with Gasteiger partial charge in [0.2, 0.25) is 0 Å². The van der Waals surface area contributed by atoms with E-state index in [4.69, 9.17) is 14.9 Å². The lowest BCUT2D eigenvalue weighted by Crippen LogP contribution is -2.43. The van der Waals surface area contributed by atoms with Crippen LogP contribution in [0, 0.1) is 10.1 Å². The maximum absolute atomic E-state index is 10.7. The van der Waals surface area contributed by atoms with Gasteiger partial charge < -0.3 is 14.9 Å². The molecule has 98 valence electrons. The fourth-order valence-corrected chi connectivity index (χ4v) is 1.06. The minimum Gasteiger partial charge on any atom is -0.497 e. The standard InChI is InChI=1S/C10H13N3O5/c1-18-9-4-2-8(3-5-9)11-12-10(6-14,7-15)13(16)17/h2-5,14-15H,6-7H2,1H3. The highest BCUT2D eigenvalue weighted by molar-refractivity contribution is 5.40. The zero-order valence-corrected chi connectivity index (χ0v) is 9.68. The third-order valence-electron chi connectivity index (χ3n) is 2.27. The Kier molecular flexibility index (Phi) is 4.69. The van der Waals surface area contributed by atoms with Gasteiger partial charge in [-0.25, -0.2) is 0 Å². The van der Waals surface area contributed by atoms with Crippen molar-refractivity contribution in [2.24, 2.45) is 10.2 Å². The van der Waals surface area contributed by atoms with E-state index in [2.05, 4.69) is 10.2 Å². The quantitative estimate of drug-likeness (QED) is 0.441. The topological polar surface area (TPSA) is 118 Å². The number of benzene rings is 1. The molecule has 18 heavy (non-hydrogen) atoms. The van der Waals surface area contributed by atoms with Crippen LogP contribution in [0.25, 0.3) is 0 Å². The predicted molar refractivity (Wildman–Crippen MR) is 61.4 cm³/mol. The monoisotopic (exact) mass is 255 g/mol. The van der Waals surface area contributed by atoms with Gasteiger partial charge in [0.05, 0.1) is 17.7 Å². The van der Waals surface area contributed by atoms with Gasteiger partial charge in [-0.2, -0.15) is 0 Å². The minimum atomic E-state index is -2.21. The van der Waals surface area contributed by atoms with Gasteiger partial charge >= 0.3 is 5.66 Å². The van der Waals surface area contributed by atoms with Crippen LogP contribution in [0.4, 0.5) is 5.69 Å². The van der Waals surface area contributed by atoms with Crippen LogP contribution in [0.1, 0.15) is 0 Å². The van der Waals surface area contributed by atoms with Crippen LogP contribution in [0.3, 0.4) is 0 Å². The third-order valence-corrected chi connectivity index (χ3v) is 2.27. The fraction of sp³-hybridized carbons (Fsp3) is 0.400. The summed E-state index contributed by atoms with van der Waals surface area (Å²) in [5, 5.41) is 35.6. The van der Waals surface area contributed by atoms with Crippen molar-refractivity contribution in [1.29, 1.82) is 0 Å². The van der Waals surface area contributed by atoms with Crippen LogP contribution in [-0.2, 0) is 0 Å². The Morgan fingerprint density at radius 3 is 2.28 bits per heavy atom. The van der Waals surface area contributed by atoms with Crippen LogP contribution >= 0.6 is 0 Å². The minimum absolute atomic E-state index is 0.351. The normalized spacial score (nSPS) is 11.7. The average Bonchev–Trinajstić information content (AvgIpc) is 2.41. The SMILES string of the molecule is COc1ccc(N=NC(CO)(CO)[N+](=O)[O-])cc1. The molecule has 8 nitrogen and oxygen atoms in total. The van der Waals surface area contributed by atoms with Crippen LogP contribution in [-0.4, -0.2) is 41.1 Å². The van der Waals surface area contributed by atoms with Gasteiger partial charge in [-0.15, -0.1) is 10.2 Å². The highest BCUT2D eigenvalue weighted by Crippen LogP contribution is 2.20. The summed E-state index contributed by atoms with van der Waals surface area (Å²) in [7, 11) is 1.51. The van der Waals surface area contributed by atoms with Crippen molar-refractivity contribution in [2.75, 3.05) is 20.3 Å². The van der Waals surface area contributed by atoms with Gasteiger partial charge in [-0.3, -0.25) is 10.1 Å². The zero-order chi connectivity index (χ0) is 13.6. The summed E-state index contributed by atoms with van der Waals surface area (Å²) in [6.07, 6.45) is 0. The molecule has 0 atom stereocenters. The van der Waals surface area contributed by atoms with Crippen molar-refractivity contribution in [3.8, 4) is 5.75 Å². The number of ether oxygens (including phenoxy) is 1. The summed E-state index contributed by atoms with van der Waals surface area (Å²) in [6.45, 7) is -1.87. The molecule has 0 aliphatic rings. The van der Waals surface area contributed by atoms with Crippen molar-refractivity contribution in [1.82, 2.24) is 0 Å². The molecular weight excluding hydrogens is 242 g/mol. The molecule has 0 radical (unpaired) electrons. The van der Waals surface area contributed by atoms with Gasteiger partial charge in [-0.05, 0) is 24.3 Å². The molecule has 8 heteroatoms. The highest BCUT2D eigenvalue weighted by Gasteiger charge is 2.42. The maximum atomic E-state index is 10.7. The maximum Gasteiger partial charge on any atom is 0.374 e. The smallest absolute Gasteiger partial charge is 0.374 e.